The number of halogens is 1. The normalized spacial score (nSPS) is 22.5. The van der Waals surface area contributed by atoms with Gasteiger partial charge < -0.3 is 20.2 Å². The molecule has 1 aromatic rings. The molecule has 0 atom stereocenters. The fourth-order valence-corrected chi connectivity index (χ4v) is 3.52. The third kappa shape index (κ3) is 4.82. The number of rotatable bonds is 6. The molecule has 2 aliphatic rings. The molecule has 1 aromatic heterocycles. The Bertz CT molecular complexity index is 659. The Balaban J connectivity index is 1.40. The van der Waals surface area contributed by atoms with Gasteiger partial charge in [-0.05, 0) is 19.4 Å². The van der Waals surface area contributed by atoms with E-state index in [0.717, 1.165) is 25.2 Å². The number of carbonyl (C=O) groups excluding carboxylic acids is 1. The minimum absolute atomic E-state index is 0.0370. The first kappa shape index (κ1) is 19.3. The molecule has 0 spiro atoms. The van der Waals surface area contributed by atoms with Crippen LogP contribution in [0, 0.1) is 5.82 Å². The highest BCUT2D eigenvalue weighted by atomic mass is 19.1. The Labute approximate surface area is 157 Å². The first-order valence-electron chi connectivity index (χ1n) is 9.20. The second-order valence-electron chi connectivity index (χ2n) is 6.90. The molecule has 0 unspecified atom stereocenters. The third-order valence-electron chi connectivity index (χ3n) is 5.16. The van der Waals surface area contributed by atoms with Crippen LogP contribution in [0.4, 0.5) is 15.1 Å². The van der Waals surface area contributed by atoms with Gasteiger partial charge in [0.25, 0.3) is 0 Å². The van der Waals surface area contributed by atoms with Gasteiger partial charge in [0, 0.05) is 38.3 Å². The smallest absolute Gasteiger partial charge is 0.317 e. The maximum atomic E-state index is 12.9. The molecule has 1 saturated carbocycles. The number of nitrogens with zero attached hydrogens (tertiary/aromatic N) is 5. The molecule has 2 fully saturated rings. The van der Waals surface area contributed by atoms with Gasteiger partial charge >= 0.3 is 12.0 Å². The van der Waals surface area contributed by atoms with Crippen molar-refractivity contribution in [3.8, 4) is 0 Å². The summed E-state index contributed by atoms with van der Waals surface area (Å²) in [5.74, 6) is -0.829. The van der Waals surface area contributed by atoms with Gasteiger partial charge in [-0.3, -0.25) is 9.69 Å². The van der Waals surface area contributed by atoms with Crippen molar-refractivity contribution in [1.82, 2.24) is 25.1 Å². The van der Waals surface area contributed by atoms with Crippen molar-refractivity contribution < 1.29 is 19.1 Å². The lowest BCUT2D eigenvalue weighted by Gasteiger charge is -2.43. The van der Waals surface area contributed by atoms with E-state index in [1.165, 1.54) is 0 Å². The van der Waals surface area contributed by atoms with Crippen molar-refractivity contribution in [3.05, 3.63) is 18.2 Å². The topological polar surface area (TPSA) is 102 Å². The number of aliphatic carboxylic acids is 1. The second-order valence-corrected chi connectivity index (χ2v) is 6.90. The van der Waals surface area contributed by atoms with E-state index in [2.05, 4.69) is 15.3 Å². The molecule has 27 heavy (non-hydrogen) atoms. The summed E-state index contributed by atoms with van der Waals surface area (Å²) in [4.78, 5) is 36.8. The van der Waals surface area contributed by atoms with Crippen LogP contribution < -0.4 is 10.2 Å². The van der Waals surface area contributed by atoms with Crippen LogP contribution in [0.2, 0.25) is 0 Å². The van der Waals surface area contributed by atoms with E-state index in [0.29, 0.717) is 38.7 Å². The van der Waals surface area contributed by atoms with Crippen LogP contribution >= 0.6 is 0 Å². The number of hydrogen-bond donors (Lipinski definition) is 2. The molecule has 10 heteroatoms. The predicted octanol–water partition coefficient (Wildman–Crippen LogP) is 0.385. The number of carboxylic acid groups (broad SMARTS) is 1. The van der Waals surface area contributed by atoms with Crippen LogP contribution in [-0.2, 0) is 4.79 Å². The lowest BCUT2D eigenvalue weighted by Crippen LogP contribution is -2.59. The van der Waals surface area contributed by atoms with Crippen molar-refractivity contribution in [2.75, 3.05) is 44.2 Å². The Kier molecular flexibility index (Phi) is 6.04. The quantitative estimate of drug-likeness (QED) is 0.736. The molecule has 0 bridgehead atoms. The molecule has 148 valence electrons. The molecule has 0 aromatic carbocycles. The first-order valence-corrected chi connectivity index (χ1v) is 9.20. The zero-order valence-corrected chi connectivity index (χ0v) is 15.3. The number of carboxylic acids is 1. The van der Waals surface area contributed by atoms with E-state index in [9.17, 15) is 14.0 Å². The second kappa shape index (κ2) is 8.47. The number of aromatic nitrogens is 2. The van der Waals surface area contributed by atoms with Gasteiger partial charge in [-0.15, -0.1) is 0 Å². The number of carbonyl (C=O) groups is 2. The summed E-state index contributed by atoms with van der Waals surface area (Å²) >= 11 is 0. The van der Waals surface area contributed by atoms with Gasteiger partial charge in [-0.2, -0.15) is 0 Å². The number of anilines is 1. The van der Waals surface area contributed by atoms with E-state index in [-0.39, 0.29) is 24.7 Å². The number of urea groups is 1. The summed E-state index contributed by atoms with van der Waals surface area (Å²) in [5, 5.41) is 12.0. The minimum Gasteiger partial charge on any atom is -0.480 e. The van der Waals surface area contributed by atoms with Crippen molar-refractivity contribution in [2.24, 2.45) is 0 Å². The SMILES string of the molecule is CCN(CC(=O)O)C1CC(NC(=O)N2CCN(c3ncc(F)cn3)CC2)C1. The molecule has 0 radical (unpaired) electrons. The van der Waals surface area contributed by atoms with Crippen molar-refractivity contribution in [3.63, 3.8) is 0 Å². The van der Waals surface area contributed by atoms with Crippen LogP contribution in [0.3, 0.4) is 0 Å². The van der Waals surface area contributed by atoms with Crippen molar-refractivity contribution in [1.29, 1.82) is 0 Å². The highest BCUT2D eigenvalue weighted by Gasteiger charge is 2.35. The average molecular weight is 380 g/mol. The number of likely N-dealkylation sites (N-methyl/N-ethyl adjacent to an activating group) is 1. The standard InChI is InChI=1S/C17H25FN6O3/c1-2-22(11-15(25)26)14-7-13(8-14)21-17(27)24-5-3-23(4-6-24)16-19-9-12(18)10-20-16/h9-10,13-14H,2-8,11H2,1H3,(H,21,27)(H,25,26). The lowest BCUT2D eigenvalue weighted by molar-refractivity contribution is -0.139. The van der Waals surface area contributed by atoms with Gasteiger partial charge in [0.1, 0.15) is 0 Å². The molecular weight excluding hydrogens is 355 g/mol. The summed E-state index contributed by atoms with van der Waals surface area (Å²) in [7, 11) is 0. The monoisotopic (exact) mass is 380 g/mol. The summed E-state index contributed by atoms with van der Waals surface area (Å²) in [5.41, 5.74) is 0. The largest absolute Gasteiger partial charge is 0.480 e. The number of hydrogen-bond acceptors (Lipinski definition) is 6. The molecule has 3 rings (SSSR count). The molecule has 1 saturated heterocycles. The summed E-state index contributed by atoms with van der Waals surface area (Å²) in [6, 6.07) is 0.201. The van der Waals surface area contributed by atoms with E-state index in [1.54, 1.807) is 4.90 Å². The molecule has 2 heterocycles. The maximum Gasteiger partial charge on any atom is 0.317 e. The van der Waals surface area contributed by atoms with Crippen molar-refractivity contribution in [2.45, 2.75) is 31.8 Å². The minimum atomic E-state index is -0.827. The van der Waals surface area contributed by atoms with E-state index < -0.39 is 11.8 Å². The Hall–Kier alpha value is -2.49. The average Bonchev–Trinajstić information content (AvgIpc) is 2.63. The fourth-order valence-electron chi connectivity index (χ4n) is 3.52. The number of nitrogens with one attached hydrogen (secondary N) is 1. The Morgan fingerprint density at radius 3 is 2.44 bits per heavy atom. The molecule has 9 nitrogen and oxygen atoms in total. The zero-order chi connectivity index (χ0) is 19.4. The molecule has 2 N–H and O–H groups in total. The van der Waals surface area contributed by atoms with Crippen LogP contribution in [0.5, 0.6) is 0 Å². The van der Waals surface area contributed by atoms with Gasteiger partial charge in [-0.25, -0.2) is 19.2 Å². The molecule has 1 aliphatic carbocycles. The van der Waals surface area contributed by atoms with Gasteiger partial charge in [-0.1, -0.05) is 6.92 Å². The van der Waals surface area contributed by atoms with Crippen molar-refractivity contribution >= 4 is 17.9 Å². The van der Waals surface area contributed by atoms with Gasteiger partial charge in [0.2, 0.25) is 5.95 Å². The van der Waals surface area contributed by atoms with E-state index in [4.69, 9.17) is 5.11 Å². The van der Waals surface area contributed by atoms with Crippen LogP contribution in [0.1, 0.15) is 19.8 Å². The number of amides is 2. The summed E-state index contributed by atoms with van der Waals surface area (Å²) in [6.45, 7) is 4.94. The van der Waals surface area contributed by atoms with Crippen LogP contribution in [0.25, 0.3) is 0 Å². The van der Waals surface area contributed by atoms with Crippen LogP contribution in [0.15, 0.2) is 12.4 Å². The maximum absolute atomic E-state index is 12.9. The van der Waals surface area contributed by atoms with Crippen LogP contribution in [-0.4, -0.2) is 88.2 Å². The van der Waals surface area contributed by atoms with E-state index >= 15 is 0 Å². The number of piperazine rings is 1. The zero-order valence-electron chi connectivity index (χ0n) is 15.3. The Morgan fingerprint density at radius 2 is 1.89 bits per heavy atom. The molecule has 2 amide bonds. The first-order chi connectivity index (χ1) is 13.0. The molecular formula is C17H25FN6O3. The third-order valence-corrected chi connectivity index (χ3v) is 5.16. The Morgan fingerprint density at radius 1 is 1.26 bits per heavy atom. The van der Waals surface area contributed by atoms with E-state index in [1.807, 2.05) is 16.7 Å². The summed E-state index contributed by atoms with van der Waals surface area (Å²) < 4.78 is 12.9. The lowest BCUT2D eigenvalue weighted by atomic mass is 9.85. The fraction of sp³-hybridized carbons (Fsp3) is 0.647. The van der Waals surface area contributed by atoms with Gasteiger partial charge in [0.15, 0.2) is 5.82 Å². The van der Waals surface area contributed by atoms with Gasteiger partial charge in [0.05, 0.1) is 18.9 Å². The summed E-state index contributed by atoms with van der Waals surface area (Å²) in [6.07, 6.45) is 3.82. The highest BCUT2D eigenvalue weighted by Crippen LogP contribution is 2.25. The molecule has 1 aliphatic heterocycles. The highest BCUT2D eigenvalue weighted by molar-refractivity contribution is 5.75. The predicted molar refractivity (Wildman–Crippen MR) is 96.0 cm³/mol.